The Morgan fingerprint density at radius 1 is 1.30 bits per heavy atom. The summed E-state index contributed by atoms with van der Waals surface area (Å²) in [6, 6.07) is 3.74. The SMILES string of the molecule is CC1CCC(N(C)Cc2cc([N+](=O)[O-])cc3c2OCOC3)CC1. The fourth-order valence-corrected chi connectivity index (χ4v) is 3.58. The van der Waals surface area contributed by atoms with Gasteiger partial charge < -0.3 is 9.47 Å². The van der Waals surface area contributed by atoms with Crippen molar-refractivity contribution in [2.45, 2.75) is 51.8 Å². The molecule has 1 aromatic rings. The number of benzene rings is 1. The van der Waals surface area contributed by atoms with Crippen LogP contribution < -0.4 is 4.74 Å². The Kier molecular flexibility index (Phi) is 4.82. The number of ether oxygens (including phenoxy) is 2. The maximum Gasteiger partial charge on any atom is 0.270 e. The molecule has 0 spiro atoms. The van der Waals surface area contributed by atoms with Gasteiger partial charge in [0.15, 0.2) is 6.79 Å². The van der Waals surface area contributed by atoms with Gasteiger partial charge in [-0.3, -0.25) is 15.0 Å². The zero-order chi connectivity index (χ0) is 16.4. The van der Waals surface area contributed by atoms with Crippen LogP contribution in [0.4, 0.5) is 5.69 Å². The average Bonchev–Trinajstić information content (AvgIpc) is 2.55. The molecule has 1 aliphatic carbocycles. The summed E-state index contributed by atoms with van der Waals surface area (Å²) in [4.78, 5) is 13.1. The second-order valence-corrected chi connectivity index (χ2v) is 6.79. The van der Waals surface area contributed by atoms with Gasteiger partial charge in [-0.25, -0.2) is 0 Å². The van der Waals surface area contributed by atoms with Crippen LogP contribution in [-0.2, 0) is 17.9 Å². The van der Waals surface area contributed by atoms with Crippen LogP contribution in [0.3, 0.4) is 0 Å². The minimum atomic E-state index is -0.347. The van der Waals surface area contributed by atoms with Gasteiger partial charge in [-0.2, -0.15) is 0 Å². The smallest absolute Gasteiger partial charge is 0.270 e. The third-order valence-corrected chi connectivity index (χ3v) is 5.01. The van der Waals surface area contributed by atoms with E-state index in [1.807, 2.05) is 0 Å². The van der Waals surface area contributed by atoms with Crippen LogP contribution in [0, 0.1) is 16.0 Å². The average molecular weight is 320 g/mol. The number of fused-ring (bicyclic) bond motifs is 1. The summed E-state index contributed by atoms with van der Waals surface area (Å²) in [6.07, 6.45) is 4.90. The van der Waals surface area contributed by atoms with Crippen LogP contribution in [0.5, 0.6) is 5.75 Å². The number of hydrogen-bond acceptors (Lipinski definition) is 5. The van der Waals surface area contributed by atoms with E-state index in [2.05, 4.69) is 18.9 Å². The van der Waals surface area contributed by atoms with Crippen LogP contribution in [-0.4, -0.2) is 29.7 Å². The van der Waals surface area contributed by atoms with Crippen molar-refractivity contribution in [1.82, 2.24) is 4.90 Å². The number of nitrogens with zero attached hydrogens (tertiary/aromatic N) is 2. The summed E-state index contributed by atoms with van der Waals surface area (Å²) in [7, 11) is 2.10. The molecule has 1 saturated carbocycles. The Balaban J connectivity index is 1.80. The first-order valence-corrected chi connectivity index (χ1v) is 8.25. The van der Waals surface area contributed by atoms with Crippen LogP contribution in [0.25, 0.3) is 0 Å². The second-order valence-electron chi connectivity index (χ2n) is 6.79. The minimum Gasteiger partial charge on any atom is -0.467 e. The van der Waals surface area contributed by atoms with E-state index in [-0.39, 0.29) is 17.4 Å². The van der Waals surface area contributed by atoms with E-state index in [0.717, 1.165) is 22.8 Å². The lowest BCUT2D eigenvalue weighted by atomic mass is 9.86. The van der Waals surface area contributed by atoms with Gasteiger partial charge in [0.25, 0.3) is 5.69 Å². The molecule has 0 unspecified atom stereocenters. The van der Waals surface area contributed by atoms with Gasteiger partial charge >= 0.3 is 0 Å². The van der Waals surface area contributed by atoms with E-state index in [0.29, 0.717) is 19.2 Å². The van der Waals surface area contributed by atoms with Crippen LogP contribution in [0.2, 0.25) is 0 Å². The van der Waals surface area contributed by atoms with E-state index in [1.54, 1.807) is 12.1 Å². The van der Waals surface area contributed by atoms with Crippen LogP contribution in [0.15, 0.2) is 12.1 Å². The van der Waals surface area contributed by atoms with Gasteiger partial charge in [0.2, 0.25) is 0 Å². The fraction of sp³-hybridized carbons (Fsp3) is 0.647. The first-order valence-electron chi connectivity index (χ1n) is 8.25. The van der Waals surface area contributed by atoms with Gasteiger partial charge in [0, 0.05) is 35.8 Å². The number of nitro benzene ring substituents is 1. The Morgan fingerprint density at radius 3 is 2.74 bits per heavy atom. The van der Waals surface area contributed by atoms with E-state index in [9.17, 15) is 10.1 Å². The summed E-state index contributed by atoms with van der Waals surface area (Å²) in [5.41, 5.74) is 1.77. The summed E-state index contributed by atoms with van der Waals surface area (Å²) < 4.78 is 10.9. The maximum atomic E-state index is 11.2. The van der Waals surface area contributed by atoms with Crippen molar-refractivity contribution in [2.75, 3.05) is 13.8 Å². The quantitative estimate of drug-likeness (QED) is 0.628. The highest BCUT2D eigenvalue weighted by Crippen LogP contribution is 2.34. The number of hydrogen-bond donors (Lipinski definition) is 0. The molecule has 0 atom stereocenters. The Bertz CT molecular complexity index is 582. The largest absolute Gasteiger partial charge is 0.467 e. The molecular weight excluding hydrogens is 296 g/mol. The van der Waals surface area contributed by atoms with Crippen LogP contribution >= 0.6 is 0 Å². The molecule has 3 rings (SSSR count). The fourth-order valence-electron chi connectivity index (χ4n) is 3.58. The lowest BCUT2D eigenvalue weighted by molar-refractivity contribution is -0.385. The molecule has 0 amide bonds. The zero-order valence-corrected chi connectivity index (χ0v) is 13.8. The molecule has 0 bridgehead atoms. The van der Waals surface area contributed by atoms with Crippen molar-refractivity contribution in [3.8, 4) is 5.75 Å². The van der Waals surface area contributed by atoms with Crippen molar-refractivity contribution < 1.29 is 14.4 Å². The molecule has 0 saturated heterocycles. The number of rotatable bonds is 4. The third kappa shape index (κ3) is 3.64. The summed E-state index contributed by atoms with van der Waals surface area (Å²) >= 11 is 0. The highest BCUT2D eigenvalue weighted by Gasteiger charge is 2.25. The van der Waals surface area contributed by atoms with Gasteiger partial charge in [-0.1, -0.05) is 6.92 Å². The van der Waals surface area contributed by atoms with Crippen LogP contribution in [0.1, 0.15) is 43.7 Å². The van der Waals surface area contributed by atoms with E-state index >= 15 is 0 Å². The summed E-state index contributed by atoms with van der Waals surface area (Å²) in [5, 5.41) is 11.2. The molecule has 23 heavy (non-hydrogen) atoms. The number of nitro groups is 1. The van der Waals surface area contributed by atoms with Crippen molar-refractivity contribution in [3.63, 3.8) is 0 Å². The first-order chi connectivity index (χ1) is 11.0. The molecule has 1 heterocycles. The van der Waals surface area contributed by atoms with Gasteiger partial charge in [-0.05, 0) is 38.6 Å². The highest BCUT2D eigenvalue weighted by molar-refractivity contribution is 5.50. The standard InChI is InChI=1S/C17H24N2O4/c1-12-3-5-15(6-4-12)18(2)9-13-7-16(19(20)21)8-14-10-22-11-23-17(13)14/h7-8,12,15H,3-6,9-11H2,1-2H3. The predicted octanol–water partition coefficient (Wildman–Crippen LogP) is 3.47. The topological polar surface area (TPSA) is 64.8 Å². The van der Waals surface area contributed by atoms with Crippen molar-refractivity contribution in [2.24, 2.45) is 5.92 Å². The van der Waals surface area contributed by atoms with E-state index in [4.69, 9.17) is 9.47 Å². The van der Waals surface area contributed by atoms with Crippen molar-refractivity contribution in [3.05, 3.63) is 33.4 Å². The molecular formula is C17H24N2O4. The lowest BCUT2D eigenvalue weighted by Gasteiger charge is -2.34. The van der Waals surface area contributed by atoms with E-state index < -0.39 is 0 Å². The summed E-state index contributed by atoms with van der Waals surface area (Å²) in [6.45, 7) is 3.56. The molecule has 1 fully saturated rings. The molecule has 0 N–H and O–H groups in total. The summed E-state index contributed by atoms with van der Waals surface area (Å²) in [5.74, 6) is 1.57. The zero-order valence-electron chi connectivity index (χ0n) is 13.8. The Hall–Kier alpha value is -1.66. The predicted molar refractivity (Wildman–Crippen MR) is 86.3 cm³/mol. The molecule has 0 aromatic heterocycles. The Labute approximate surface area is 136 Å². The van der Waals surface area contributed by atoms with Gasteiger partial charge in [-0.15, -0.1) is 0 Å². The van der Waals surface area contributed by atoms with Crippen molar-refractivity contribution >= 4 is 5.69 Å². The number of non-ortho nitro benzene ring substituents is 1. The van der Waals surface area contributed by atoms with Crippen molar-refractivity contribution in [1.29, 1.82) is 0 Å². The van der Waals surface area contributed by atoms with Gasteiger partial charge in [0.05, 0.1) is 11.5 Å². The molecule has 1 aliphatic heterocycles. The molecule has 126 valence electrons. The monoisotopic (exact) mass is 320 g/mol. The second kappa shape index (κ2) is 6.84. The molecule has 6 nitrogen and oxygen atoms in total. The van der Waals surface area contributed by atoms with Gasteiger partial charge in [0.1, 0.15) is 5.75 Å². The molecule has 0 radical (unpaired) electrons. The maximum absolute atomic E-state index is 11.2. The highest BCUT2D eigenvalue weighted by atomic mass is 16.7. The molecule has 6 heteroatoms. The third-order valence-electron chi connectivity index (χ3n) is 5.01. The minimum absolute atomic E-state index is 0.110. The normalized spacial score (nSPS) is 24.1. The van der Waals surface area contributed by atoms with E-state index in [1.165, 1.54) is 25.7 Å². The molecule has 1 aromatic carbocycles. The first kappa shape index (κ1) is 16.2. The lowest BCUT2D eigenvalue weighted by Crippen LogP contribution is -2.34. The molecule has 2 aliphatic rings. The Morgan fingerprint density at radius 2 is 2.04 bits per heavy atom.